The first-order valence-corrected chi connectivity index (χ1v) is 14.0. The van der Waals surface area contributed by atoms with Gasteiger partial charge in [-0.3, -0.25) is 9.59 Å². The first kappa shape index (κ1) is 26.5. The highest BCUT2D eigenvalue weighted by atomic mass is 35.5. The van der Waals surface area contributed by atoms with Crippen LogP contribution in [0.5, 0.6) is 5.75 Å². The number of hydrogen-bond donors (Lipinski definition) is 0. The van der Waals surface area contributed by atoms with Crippen LogP contribution < -0.4 is 4.74 Å². The molecule has 2 aromatic heterocycles. The van der Waals surface area contributed by atoms with Crippen molar-refractivity contribution in [2.24, 2.45) is 11.8 Å². The molecule has 4 nitrogen and oxygen atoms in total. The Labute approximate surface area is 220 Å². The van der Waals surface area contributed by atoms with E-state index in [1.165, 1.54) is 51.4 Å². The van der Waals surface area contributed by atoms with E-state index in [0.29, 0.717) is 35.8 Å². The number of fused-ring (bicyclic) bond motifs is 1. The topological polar surface area (TPSA) is 47.8 Å². The van der Waals surface area contributed by atoms with Gasteiger partial charge in [0.2, 0.25) is 5.78 Å². The fraction of sp³-hybridized carbons (Fsp3) is 0.484. The minimum atomic E-state index is -0.950. The average molecular weight is 508 g/mol. The third-order valence-electron chi connectivity index (χ3n) is 7.80. The van der Waals surface area contributed by atoms with Crippen LogP contribution in [0.15, 0.2) is 48.7 Å². The van der Waals surface area contributed by atoms with E-state index in [4.69, 9.17) is 16.3 Å². The molecule has 0 aliphatic heterocycles. The fourth-order valence-corrected chi connectivity index (χ4v) is 5.96. The number of ketones is 1. The molecule has 5 heteroatoms. The zero-order chi connectivity index (χ0) is 25.5. The molecule has 0 radical (unpaired) electrons. The van der Waals surface area contributed by atoms with E-state index in [-0.39, 0.29) is 0 Å². The maximum absolute atomic E-state index is 13.1. The molecule has 0 unspecified atom stereocenters. The van der Waals surface area contributed by atoms with Gasteiger partial charge in [0.1, 0.15) is 12.4 Å². The van der Waals surface area contributed by atoms with Crippen molar-refractivity contribution in [2.45, 2.75) is 84.7 Å². The number of unbranched alkanes of at least 4 members (excludes halogenated alkanes) is 2. The molecule has 0 spiro atoms. The molecule has 1 saturated carbocycles. The van der Waals surface area contributed by atoms with E-state index < -0.39 is 11.0 Å². The molecule has 0 bridgehead atoms. The Hall–Kier alpha value is -2.59. The standard InChI is InChI=1S/C31H38ClNO3/c1-3-5-7-11-22-15-17-23(18-16-22)20-26-25(4-2)28(30(34)31(32)35)29-27(14-10-19-33(26)29)36-21-24-12-8-6-9-13-24/h6,8-10,12-14,19,22-23H,3-5,7,11,15-18,20-21H2,1-2H3. The zero-order valence-electron chi connectivity index (χ0n) is 21.6. The maximum Gasteiger partial charge on any atom is 0.293 e. The fourth-order valence-electron chi connectivity index (χ4n) is 5.87. The lowest BCUT2D eigenvalue weighted by Gasteiger charge is -2.29. The third kappa shape index (κ3) is 6.03. The first-order chi connectivity index (χ1) is 17.5. The van der Waals surface area contributed by atoms with Gasteiger partial charge in [0, 0.05) is 11.9 Å². The summed E-state index contributed by atoms with van der Waals surface area (Å²) in [6, 6.07) is 13.8. The molecule has 192 valence electrons. The van der Waals surface area contributed by atoms with E-state index in [9.17, 15) is 9.59 Å². The number of Topliss-reactive ketones (excluding diaryl/α,β-unsaturated/α-hetero) is 1. The van der Waals surface area contributed by atoms with Crippen LogP contribution in [0, 0.1) is 11.8 Å². The number of halogens is 1. The van der Waals surface area contributed by atoms with E-state index >= 15 is 0 Å². The summed E-state index contributed by atoms with van der Waals surface area (Å²) in [4.78, 5) is 25.1. The lowest BCUT2D eigenvalue weighted by molar-refractivity contribution is -0.108. The van der Waals surface area contributed by atoms with Gasteiger partial charge in [0.15, 0.2) is 0 Å². The van der Waals surface area contributed by atoms with E-state index in [2.05, 4.69) is 11.3 Å². The zero-order valence-corrected chi connectivity index (χ0v) is 22.4. The van der Waals surface area contributed by atoms with E-state index in [1.54, 1.807) is 0 Å². The monoisotopic (exact) mass is 507 g/mol. The molecule has 3 aromatic rings. The van der Waals surface area contributed by atoms with Crippen LogP contribution in [0.4, 0.5) is 0 Å². The smallest absolute Gasteiger partial charge is 0.293 e. The van der Waals surface area contributed by atoms with E-state index in [0.717, 1.165) is 29.2 Å². The molecule has 36 heavy (non-hydrogen) atoms. The Balaban J connectivity index is 1.64. The Morgan fingerprint density at radius 2 is 1.69 bits per heavy atom. The summed E-state index contributed by atoms with van der Waals surface area (Å²) in [5.41, 5.74) is 4.15. The Bertz CT molecular complexity index is 1180. The van der Waals surface area contributed by atoms with Gasteiger partial charge in [-0.1, -0.05) is 82.7 Å². The van der Waals surface area contributed by atoms with Crippen molar-refractivity contribution in [1.82, 2.24) is 4.40 Å². The minimum Gasteiger partial charge on any atom is -0.487 e. The minimum absolute atomic E-state index is 0.382. The molecule has 2 heterocycles. The first-order valence-electron chi connectivity index (χ1n) is 13.6. The van der Waals surface area contributed by atoms with Gasteiger partial charge in [0.05, 0.1) is 11.1 Å². The Kier molecular flexibility index (Phi) is 9.25. The van der Waals surface area contributed by atoms with Crippen molar-refractivity contribution in [3.05, 3.63) is 71.0 Å². The second-order valence-electron chi connectivity index (χ2n) is 10.2. The molecular formula is C31H38ClNO3. The summed E-state index contributed by atoms with van der Waals surface area (Å²) in [5, 5.41) is -0.950. The summed E-state index contributed by atoms with van der Waals surface area (Å²) >= 11 is 5.75. The Morgan fingerprint density at radius 3 is 2.36 bits per heavy atom. The summed E-state index contributed by atoms with van der Waals surface area (Å²) in [5.74, 6) is 1.39. The van der Waals surface area contributed by atoms with Crippen molar-refractivity contribution < 1.29 is 14.3 Å². The van der Waals surface area contributed by atoms with Crippen LogP contribution in [-0.2, 0) is 24.2 Å². The van der Waals surface area contributed by atoms with Gasteiger partial charge in [-0.15, -0.1) is 0 Å². The van der Waals surface area contributed by atoms with Crippen LogP contribution >= 0.6 is 11.6 Å². The number of carbonyl (C=O) groups excluding carboxylic acids is 2. The number of aromatic nitrogens is 1. The van der Waals surface area contributed by atoms with Gasteiger partial charge in [0.25, 0.3) is 5.24 Å². The van der Waals surface area contributed by atoms with Crippen LogP contribution in [0.3, 0.4) is 0 Å². The van der Waals surface area contributed by atoms with Crippen molar-refractivity contribution in [3.8, 4) is 5.75 Å². The van der Waals surface area contributed by atoms with Crippen LogP contribution in [0.2, 0.25) is 0 Å². The maximum atomic E-state index is 13.1. The normalized spacial score (nSPS) is 17.9. The van der Waals surface area contributed by atoms with Crippen LogP contribution in [0.1, 0.15) is 92.4 Å². The second kappa shape index (κ2) is 12.6. The molecule has 0 amide bonds. The SMILES string of the molecule is CCCCCC1CCC(Cc2c(CC)c(C(=O)C(=O)Cl)c3c(OCc4ccccc4)cccn23)CC1. The molecule has 0 saturated heterocycles. The van der Waals surface area contributed by atoms with Crippen LogP contribution in [0.25, 0.3) is 5.52 Å². The average Bonchev–Trinajstić information content (AvgIpc) is 3.22. The lowest BCUT2D eigenvalue weighted by atomic mass is 9.77. The van der Waals surface area contributed by atoms with Gasteiger partial charge >= 0.3 is 0 Å². The molecule has 1 aromatic carbocycles. The largest absolute Gasteiger partial charge is 0.487 e. The summed E-state index contributed by atoms with van der Waals surface area (Å²) in [6.45, 7) is 4.69. The highest BCUT2D eigenvalue weighted by Gasteiger charge is 2.30. The second-order valence-corrected chi connectivity index (χ2v) is 10.6. The number of benzene rings is 1. The molecule has 0 N–H and O–H groups in total. The predicted octanol–water partition coefficient (Wildman–Crippen LogP) is 7.96. The van der Waals surface area contributed by atoms with Gasteiger partial charge in [-0.25, -0.2) is 0 Å². The molecule has 1 aliphatic carbocycles. The number of hydrogen-bond acceptors (Lipinski definition) is 3. The van der Waals surface area contributed by atoms with Crippen molar-refractivity contribution >= 4 is 28.1 Å². The van der Waals surface area contributed by atoms with Gasteiger partial charge in [-0.2, -0.15) is 0 Å². The van der Waals surface area contributed by atoms with Crippen molar-refractivity contribution in [1.29, 1.82) is 0 Å². The summed E-state index contributed by atoms with van der Waals surface area (Å²) in [7, 11) is 0. The van der Waals surface area contributed by atoms with Gasteiger partial charge < -0.3 is 9.14 Å². The molecular weight excluding hydrogens is 470 g/mol. The Morgan fingerprint density at radius 1 is 0.972 bits per heavy atom. The summed E-state index contributed by atoms with van der Waals surface area (Å²) < 4.78 is 8.29. The summed E-state index contributed by atoms with van der Waals surface area (Å²) in [6.07, 6.45) is 13.9. The molecule has 0 atom stereocenters. The number of carbonyl (C=O) groups is 2. The van der Waals surface area contributed by atoms with Gasteiger partial charge in [-0.05, 0) is 72.4 Å². The quantitative estimate of drug-likeness (QED) is 0.108. The molecule has 4 rings (SSSR count). The number of pyridine rings is 1. The lowest BCUT2D eigenvalue weighted by Crippen LogP contribution is -2.18. The molecule has 1 fully saturated rings. The predicted molar refractivity (Wildman–Crippen MR) is 146 cm³/mol. The number of ether oxygens (including phenoxy) is 1. The van der Waals surface area contributed by atoms with Crippen LogP contribution in [-0.4, -0.2) is 15.4 Å². The molecule has 1 aliphatic rings. The number of rotatable bonds is 12. The van der Waals surface area contributed by atoms with Crippen molar-refractivity contribution in [2.75, 3.05) is 0 Å². The highest BCUT2D eigenvalue weighted by molar-refractivity contribution is 6.83. The number of nitrogens with zero attached hydrogens (tertiary/aromatic N) is 1. The highest BCUT2D eigenvalue weighted by Crippen LogP contribution is 2.38. The van der Waals surface area contributed by atoms with E-state index in [1.807, 2.05) is 55.6 Å². The third-order valence-corrected chi connectivity index (χ3v) is 7.97. The van der Waals surface area contributed by atoms with Crippen molar-refractivity contribution in [3.63, 3.8) is 0 Å².